The van der Waals surface area contributed by atoms with Gasteiger partial charge in [0, 0.05) is 17.5 Å². The normalized spacial score (nSPS) is 13.1. The fourth-order valence-corrected chi connectivity index (χ4v) is 2.15. The van der Waals surface area contributed by atoms with Gasteiger partial charge in [0.15, 0.2) is 0 Å². The van der Waals surface area contributed by atoms with Crippen LogP contribution in [-0.4, -0.2) is 21.6 Å². The van der Waals surface area contributed by atoms with Crippen molar-refractivity contribution in [3.05, 3.63) is 29.8 Å². The highest BCUT2D eigenvalue weighted by molar-refractivity contribution is 7.99. The molecule has 4 heteroatoms. The smallest absolute Gasteiger partial charge is 0.141 e. The van der Waals surface area contributed by atoms with Crippen LogP contribution in [0.25, 0.3) is 0 Å². The minimum atomic E-state index is -0.628. The first-order chi connectivity index (χ1) is 7.09. The quantitative estimate of drug-likeness (QED) is 0.842. The highest BCUT2D eigenvalue weighted by Crippen LogP contribution is 2.19. The van der Waals surface area contributed by atoms with Crippen molar-refractivity contribution >= 4 is 11.8 Å². The fourth-order valence-electron chi connectivity index (χ4n) is 1.12. The van der Waals surface area contributed by atoms with Crippen LogP contribution in [0.2, 0.25) is 0 Å². The van der Waals surface area contributed by atoms with E-state index in [0.717, 1.165) is 11.9 Å². The van der Waals surface area contributed by atoms with Crippen molar-refractivity contribution in [2.75, 3.05) is 11.5 Å². The molecule has 0 fully saturated rings. The average Bonchev–Trinajstić information content (AvgIpc) is 2.17. The summed E-state index contributed by atoms with van der Waals surface area (Å²) in [5.74, 6) is 1.79. The molecule has 0 radical (unpaired) electrons. The fraction of sp³-hybridized carbons (Fsp3) is 0.545. The SMILES string of the molecule is CC(C)CSCC(O)c1cncc(F)c1. The average molecular weight is 229 g/mol. The zero-order chi connectivity index (χ0) is 11.3. The number of aliphatic hydroxyl groups excluding tert-OH is 1. The largest absolute Gasteiger partial charge is 0.387 e. The molecule has 0 spiro atoms. The molecule has 1 aromatic heterocycles. The van der Waals surface area contributed by atoms with Crippen molar-refractivity contribution in [3.8, 4) is 0 Å². The summed E-state index contributed by atoms with van der Waals surface area (Å²) >= 11 is 1.67. The Hall–Kier alpha value is -0.610. The molecular formula is C11H16FNOS. The summed E-state index contributed by atoms with van der Waals surface area (Å²) in [5.41, 5.74) is 0.547. The van der Waals surface area contributed by atoms with E-state index < -0.39 is 11.9 Å². The van der Waals surface area contributed by atoms with Gasteiger partial charge in [0.1, 0.15) is 5.82 Å². The van der Waals surface area contributed by atoms with Crippen LogP contribution < -0.4 is 0 Å². The number of aliphatic hydroxyl groups is 1. The third-order valence-corrected chi connectivity index (χ3v) is 3.29. The van der Waals surface area contributed by atoms with Gasteiger partial charge in [-0.05, 0) is 17.7 Å². The van der Waals surface area contributed by atoms with E-state index in [-0.39, 0.29) is 0 Å². The first-order valence-corrected chi connectivity index (χ1v) is 6.11. The number of aromatic nitrogens is 1. The van der Waals surface area contributed by atoms with Crippen molar-refractivity contribution < 1.29 is 9.50 Å². The van der Waals surface area contributed by atoms with E-state index in [1.807, 2.05) is 0 Å². The van der Waals surface area contributed by atoms with Gasteiger partial charge in [-0.15, -0.1) is 0 Å². The second-order valence-corrected chi connectivity index (χ2v) is 4.96. The minimum absolute atomic E-state index is 0.402. The molecular weight excluding hydrogens is 213 g/mol. The standard InChI is InChI=1S/C11H16FNOS/c1-8(2)6-15-7-11(14)9-3-10(12)5-13-4-9/h3-5,8,11,14H,6-7H2,1-2H3. The molecule has 1 rings (SSSR count). The Kier molecular flexibility index (Phi) is 5.05. The van der Waals surface area contributed by atoms with Crippen LogP contribution in [0.1, 0.15) is 25.5 Å². The second-order valence-electron chi connectivity index (χ2n) is 3.88. The van der Waals surface area contributed by atoms with Crippen molar-refractivity contribution in [2.24, 2.45) is 5.92 Å². The lowest BCUT2D eigenvalue weighted by atomic mass is 10.2. The molecule has 0 aliphatic heterocycles. The first kappa shape index (κ1) is 12.5. The van der Waals surface area contributed by atoms with Crippen LogP contribution in [0.15, 0.2) is 18.5 Å². The molecule has 0 bridgehead atoms. The monoisotopic (exact) mass is 229 g/mol. The van der Waals surface area contributed by atoms with Gasteiger partial charge >= 0.3 is 0 Å². The molecule has 0 saturated heterocycles. The lowest BCUT2D eigenvalue weighted by Crippen LogP contribution is -2.03. The van der Waals surface area contributed by atoms with Crippen molar-refractivity contribution in [3.63, 3.8) is 0 Å². The van der Waals surface area contributed by atoms with Crippen LogP contribution in [0.5, 0.6) is 0 Å². The Bertz CT molecular complexity index is 306. The Balaban J connectivity index is 2.43. The summed E-state index contributed by atoms with van der Waals surface area (Å²) in [6.45, 7) is 4.26. The Morgan fingerprint density at radius 1 is 1.40 bits per heavy atom. The third-order valence-electron chi connectivity index (χ3n) is 1.84. The van der Waals surface area contributed by atoms with E-state index in [0.29, 0.717) is 17.2 Å². The van der Waals surface area contributed by atoms with Gasteiger partial charge in [-0.25, -0.2) is 4.39 Å². The van der Waals surface area contributed by atoms with Gasteiger partial charge in [-0.1, -0.05) is 13.8 Å². The maximum absolute atomic E-state index is 12.8. The molecule has 0 saturated carbocycles. The molecule has 0 aliphatic carbocycles. The number of halogens is 1. The molecule has 0 aliphatic rings. The number of pyridine rings is 1. The second kappa shape index (κ2) is 6.08. The van der Waals surface area contributed by atoms with Crippen LogP contribution >= 0.6 is 11.8 Å². The summed E-state index contributed by atoms with van der Waals surface area (Å²) in [7, 11) is 0. The van der Waals surface area contributed by atoms with E-state index in [4.69, 9.17) is 0 Å². The Labute approximate surface area is 93.9 Å². The molecule has 84 valence electrons. The molecule has 0 amide bonds. The molecule has 1 heterocycles. The maximum atomic E-state index is 12.8. The van der Waals surface area contributed by atoms with E-state index in [9.17, 15) is 9.50 Å². The Morgan fingerprint density at radius 3 is 2.73 bits per heavy atom. The highest BCUT2D eigenvalue weighted by atomic mass is 32.2. The number of thioether (sulfide) groups is 1. The first-order valence-electron chi connectivity index (χ1n) is 4.96. The molecule has 1 aromatic rings. The minimum Gasteiger partial charge on any atom is -0.387 e. The number of nitrogens with zero attached hydrogens (tertiary/aromatic N) is 1. The lowest BCUT2D eigenvalue weighted by molar-refractivity contribution is 0.203. The van der Waals surface area contributed by atoms with Crippen molar-refractivity contribution in [2.45, 2.75) is 20.0 Å². The number of rotatable bonds is 5. The van der Waals surface area contributed by atoms with Gasteiger partial charge < -0.3 is 5.11 Å². The Morgan fingerprint density at radius 2 is 2.13 bits per heavy atom. The van der Waals surface area contributed by atoms with Gasteiger partial charge in [-0.3, -0.25) is 4.98 Å². The van der Waals surface area contributed by atoms with Crippen LogP contribution in [0.3, 0.4) is 0 Å². The van der Waals surface area contributed by atoms with Gasteiger partial charge in [0.2, 0.25) is 0 Å². The van der Waals surface area contributed by atoms with Gasteiger partial charge in [-0.2, -0.15) is 11.8 Å². The predicted octanol–water partition coefficient (Wildman–Crippen LogP) is 2.64. The zero-order valence-corrected chi connectivity index (χ0v) is 9.80. The van der Waals surface area contributed by atoms with Crippen LogP contribution in [0, 0.1) is 11.7 Å². The van der Waals surface area contributed by atoms with Gasteiger partial charge in [0.05, 0.1) is 12.3 Å². The predicted molar refractivity (Wildman–Crippen MR) is 61.3 cm³/mol. The van der Waals surface area contributed by atoms with Crippen LogP contribution in [-0.2, 0) is 0 Å². The van der Waals surface area contributed by atoms with Crippen molar-refractivity contribution in [1.82, 2.24) is 4.98 Å². The highest BCUT2D eigenvalue weighted by Gasteiger charge is 2.09. The molecule has 0 aromatic carbocycles. The molecule has 2 nitrogen and oxygen atoms in total. The van der Waals surface area contributed by atoms with Crippen LogP contribution in [0.4, 0.5) is 4.39 Å². The summed E-state index contributed by atoms with van der Waals surface area (Å²) in [5, 5.41) is 9.73. The van der Waals surface area contributed by atoms with Gasteiger partial charge in [0.25, 0.3) is 0 Å². The van der Waals surface area contributed by atoms with E-state index in [1.165, 1.54) is 12.3 Å². The topological polar surface area (TPSA) is 33.1 Å². The molecule has 1 N–H and O–H groups in total. The number of hydrogen-bond acceptors (Lipinski definition) is 3. The summed E-state index contributed by atoms with van der Waals surface area (Å²) < 4.78 is 12.8. The summed E-state index contributed by atoms with van der Waals surface area (Å²) in [4.78, 5) is 3.70. The molecule has 1 atom stereocenters. The van der Waals surface area contributed by atoms with E-state index >= 15 is 0 Å². The van der Waals surface area contributed by atoms with E-state index in [1.54, 1.807) is 11.8 Å². The number of hydrogen-bond donors (Lipinski definition) is 1. The lowest BCUT2D eigenvalue weighted by Gasteiger charge is -2.11. The summed E-state index contributed by atoms with van der Waals surface area (Å²) in [6, 6.07) is 1.33. The zero-order valence-electron chi connectivity index (χ0n) is 8.98. The molecule has 1 unspecified atom stereocenters. The summed E-state index contributed by atoms with van der Waals surface area (Å²) in [6.07, 6.45) is 2.01. The molecule has 15 heavy (non-hydrogen) atoms. The van der Waals surface area contributed by atoms with Crippen molar-refractivity contribution in [1.29, 1.82) is 0 Å². The maximum Gasteiger partial charge on any atom is 0.141 e. The third kappa shape index (κ3) is 4.62. The van der Waals surface area contributed by atoms with E-state index in [2.05, 4.69) is 18.8 Å².